The number of halogens is 1. The first-order chi connectivity index (χ1) is 12.0. The van der Waals surface area contributed by atoms with Crippen molar-refractivity contribution in [2.24, 2.45) is 0 Å². The van der Waals surface area contributed by atoms with E-state index in [0.717, 1.165) is 19.6 Å². The predicted molar refractivity (Wildman–Crippen MR) is 103 cm³/mol. The van der Waals surface area contributed by atoms with Crippen molar-refractivity contribution < 1.29 is 9.72 Å². The SMILES string of the molecule is O=C(c1cccc([N+](=O)[O-])c1)N1CCN(Cc2cccc(I)c2)CC1. The maximum absolute atomic E-state index is 12.6. The molecule has 130 valence electrons. The van der Waals surface area contributed by atoms with Gasteiger partial charge in [0.25, 0.3) is 11.6 Å². The van der Waals surface area contributed by atoms with Crippen LogP contribution in [-0.2, 0) is 6.54 Å². The summed E-state index contributed by atoms with van der Waals surface area (Å²) in [6.07, 6.45) is 0. The highest BCUT2D eigenvalue weighted by Gasteiger charge is 2.23. The molecule has 6 nitrogen and oxygen atoms in total. The van der Waals surface area contributed by atoms with Crippen molar-refractivity contribution in [2.45, 2.75) is 6.54 Å². The summed E-state index contributed by atoms with van der Waals surface area (Å²) in [6, 6.07) is 14.3. The Morgan fingerprint density at radius 3 is 2.48 bits per heavy atom. The summed E-state index contributed by atoms with van der Waals surface area (Å²) < 4.78 is 1.22. The number of nitrogens with zero attached hydrogens (tertiary/aromatic N) is 3. The van der Waals surface area contributed by atoms with Crippen LogP contribution in [0.5, 0.6) is 0 Å². The fourth-order valence-electron chi connectivity index (χ4n) is 2.94. The molecule has 1 aliphatic rings. The number of nitro benzene ring substituents is 1. The maximum Gasteiger partial charge on any atom is 0.270 e. The first-order valence-corrected chi connectivity index (χ1v) is 9.11. The smallest absolute Gasteiger partial charge is 0.270 e. The van der Waals surface area contributed by atoms with Gasteiger partial charge in [0.05, 0.1) is 4.92 Å². The number of nitro groups is 1. The van der Waals surface area contributed by atoms with Crippen LogP contribution in [0.2, 0.25) is 0 Å². The summed E-state index contributed by atoms with van der Waals surface area (Å²) in [4.78, 5) is 27.0. The summed E-state index contributed by atoms with van der Waals surface area (Å²) in [6.45, 7) is 3.73. The largest absolute Gasteiger partial charge is 0.336 e. The highest BCUT2D eigenvalue weighted by Crippen LogP contribution is 2.17. The highest BCUT2D eigenvalue weighted by atomic mass is 127. The van der Waals surface area contributed by atoms with Gasteiger partial charge in [0.15, 0.2) is 0 Å². The predicted octanol–water partition coefficient (Wildman–Crippen LogP) is 3.16. The molecule has 0 spiro atoms. The van der Waals surface area contributed by atoms with Gasteiger partial charge in [0, 0.05) is 54.0 Å². The van der Waals surface area contributed by atoms with Gasteiger partial charge in [0.2, 0.25) is 0 Å². The molecule has 0 bridgehead atoms. The molecule has 1 amide bonds. The zero-order valence-corrected chi connectivity index (χ0v) is 15.8. The van der Waals surface area contributed by atoms with Crippen LogP contribution in [0.3, 0.4) is 0 Å². The summed E-state index contributed by atoms with van der Waals surface area (Å²) in [5, 5.41) is 10.9. The summed E-state index contributed by atoms with van der Waals surface area (Å²) in [5.41, 5.74) is 1.59. The van der Waals surface area contributed by atoms with Crippen molar-refractivity contribution in [1.29, 1.82) is 0 Å². The minimum atomic E-state index is -0.476. The lowest BCUT2D eigenvalue weighted by Crippen LogP contribution is -2.48. The van der Waals surface area contributed by atoms with Crippen LogP contribution >= 0.6 is 22.6 Å². The van der Waals surface area contributed by atoms with Crippen LogP contribution in [0.25, 0.3) is 0 Å². The molecule has 1 fully saturated rings. The molecule has 2 aromatic rings. The first-order valence-electron chi connectivity index (χ1n) is 8.03. The number of non-ortho nitro benzene ring substituents is 1. The van der Waals surface area contributed by atoms with Gasteiger partial charge in [-0.15, -0.1) is 0 Å². The second-order valence-electron chi connectivity index (χ2n) is 6.01. The highest BCUT2D eigenvalue weighted by molar-refractivity contribution is 14.1. The number of hydrogen-bond acceptors (Lipinski definition) is 4. The van der Waals surface area contributed by atoms with Gasteiger partial charge >= 0.3 is 0 Å². The number of amides is 1. The molecule has 1 aliphatic heterocycles. The standard InChI is InChI=1S/C18H18IN3O3/c19-16-5-1-3-14(11-16)13-20-7-9-21(10-8-20)18(23)15-4-2-6-17(12-15)22(24)25/h1-6,11-12H,7-10,13H2. The minimum absolute atomic E-state index is 0.0526. The Hall–Kier alpha value is -2.00. The third-order valence-corrected chi connectivity index (χ3v) is 4.93. The molecular weight excluding hydrogens is 433 g/mol. The van der Waals surface area contributed by atoms with E-state index in [0.29, 0.717) is 18.7 Å². The van der Waals surface area contributed by atoms with Crippen molar-refractivity contribution in [2.75, 3.05) is 26.2 Å². The summed E-state index contributed by atoms with van der Waals surface area (Å²) >= 11 is 2.31. The molecule has 0 N–H and O–H groups in total. The van der Waals surface area contributed by atoms with E-state index in [1.54, 1.807) is 17.0 Å². The van der Waals surface area contributed by atoms with Crippen LogP contribution in [0.4, 0.5) is 5.69 Å². The Morgan fingerprint density at radius 2 is 1.80 bits per heavy atom. The van der Waals surface area contributed by atoms with Gasteiger partial charge in [-0.2, -0.15) is 0 Å². The maximum atomic E-state index is 12.6. The molecule has 0 saturated carbocycles. The van der Waals surface area contributed by atoms with E-state index in [2.05, 4.69) is 51.8 Å². The Kier molecular flexibility index (Phi) is 5.64. The molecule has 2 aromatic carbocycles. The monoisotopic (exact) mass is 451 g/mol. The average Bonchev–Trinajstić information content (AvgIpc) is 2.62. The molecule has 7 heteroatoms. The fraction of sp³-hybridized carbons (Fsp3) is 0.278. The van der Waals surface area contributed by atoms with E-state index in [-0.39, 0.29) is 11.6 Å². The quantitative estimate of drug-likeness (QED) is 0.407. The van der Waals surface area contributed by atoms with Crippen molar-refractivity contribution in [1.82, 2.24) is 9.80 Å². The Balaban J connectivity index is 1.59. The van der Waals surface area contributed by atoms with Crippen molar-refractivity contribution in [3.05, 3.63) is 73.3 Å². The lowest BCUT2D eigenvalue weighted by Gasteiger charge is -2.34. The van der Waals surface area contributed by atoms with Crippen LogP contribution in [-0.4, -0.2) is 46.8 Å². The third kappa shape index (κ3) is 4.55. The van der Waals surface area contributed by atoms with Gasteiger partial charge in [0.1, 0.15) is 0 Å². The Bertz CT molecular complexity index is 789. The first kappa shape index (κ1) is 17.8. The van der Waals surface area contributed by atoms with Gasteiger partial charge in [-0.05, 0) is 46.4 Å². The van der Waals surface area contributed by atoms with E-state index in [4.69, 9.17) is 0 Å². The molecule has 0 aromatic heterocycles. The van der Waals surface area contributed by atoms with Gasteiger partial charge in [-0.1, -0.05) is 18.2 Å². The Morgan fingerprint density at radius 1 is 1.08 bits per heavy atom. The number of rotatable bonds is 4. The van der Waals surface area contributed by atoms with Crippen molar-refractivity contribution in [3.8, 4) is 0 Å². The molecular formula is C18H18IN3O3. The number of carbonyl (C=O) groups excluding carboxylic acids is 1. The molecule has 1 heterocycles. The van der Waals surface area contributed by atoms with Gasteiger partial charge in [-0.3, -0.25) is 19.8 Å². The van der Waals surface area contributed by atoms with E-state index < -0.39 is 4.92 Å². The van der Waals surface area contributed by atoms with E-state index in [9.17, 15) is 14.9 Å². The number of benzene rings is 2. The van der Waals surface area contributed by atoms with E-state index in [1.807, 2.05) is 0 Å². The zero-order chi connectivity index (χ0) is 17.8. The van der Waals surface area contributed by atoms with Crippen molar-refractivity contribution >= 4 is 34.2 Å². The molecule has 0 unspecified atom stereocenters. The number of piperazine rings is 1. The van der Waals surface area contributed by atoms with Crippen molar-refractivity contribution in [3.63, 3.8) is 0 Å². The Labute approximate surface area is 159 Å². The minimum Gasteiger partial charge on any atom is -0.336 e. The van der Waals surface area contributed by atoms with Crippen LogP contribution < -0.4 is 0 Å². The topological polar surface area (TPSA) is 66.7 Å². The second-order valence-corrected chi connectivity index (χ2v) is 7.25. The summed E-state index contributed by atoms with van der Waals surface area (Å²) in [5.74, 6) is -0.141. The fourth-order valence-corrected chi connectivity index (χ4v) is 3.55. The lowest BCUT2D eigenvalue weighted by molar-refractivity contribution is -0.384. The molecule has 1 saturated heterocycles. The lowest BCUT2D eigenvalue weighted by atomic mass is 10.1. The average molecular weight is 451 g/mol. The summed E-state index contributed by atoms with van der Waals surface area (Å²) in [7, 11) is 0. The van der Waals surface area contributed by atoms with Crippen LogP contribution in [0, 0.1) is 13.7 Å². The molecule has 0 atom stereocenters. The second kappa shape index (κ2) is 7.92. The zero-order valence-electron chi connectivity index (χ0n) is 13.6. The van der Waals surface area contributed by atoms with Crippen LogP contribution in [0.15, 0.2) is 48.5 Å². The van der Waals surface area contributed by atoms with E-state index >= 15 is 0 Å². The normalized spacial score (nSPS) is 15.2. The van der Waals surface area contributed by atoms with Gasteiger partial charge < -0.3 is 4.90 Å². The number of carbonyl (C=O) groups is 1. The van der Waals surface area contributed by atoms with Gasteiger partial charge in [-0.25, -0.2) is 0 Å². The molecule has 25 heavy (non-hydrogen) atoms. The molecule has 0 aliphatic carbocycles. The number of hydrogen-bond donors (Lipinski definition) is 0. The third-order valence-electron chi connectivity index (χ3n) is 4.26. The van der Waals surface area contributed by atoms with Crippen LogP contribution in [0.1, 0.15) is 15.9 Å². The molecule has 0 radical (unpaired) electrons. The molecule has 3 rings (SSSR count). The van der Waals surface area contributed by atoms with E-state index in [1.165, 1.54) is 21.3 Å².